The predicted molar refractivity (Wildman–Crippen MR) is 117 cm³/mol. The lowest BCUT2D eigenvalue weighted by molar-refractivity contribution is -0.112. The van der Waals surface area contributed by atoms with E-state index in [4.69, 9.17) is 9.47 Å². The van der Waals surface area contributed by atoms with Crippen molar-refractivity contribution in [1.29, 1.82) is 5.26 Å². The van der Waals surface area contributed by atoms with Gasteiger partial charge < -0.3 is 20.1 Å². The Bertz CT molecular complexity index is 889. The minimum atomic E-state index is -0.456. The van der Waals surface area contributed by atoms with Crippen LogP contribution in [0.5, 0.6) is 11.5 Å². The lowest BCUT2D eigenvalue weighted by Gasteiger charge is -2.12. The summed E-state index contributed by atoms with van der Waals surface area (Å²) < 4.78 is 12.1. The van der Waals surface area contributed by atoms with Crippen LogP contribution in [0.1, 0.15) is 19.4 Å². The lowest BCUT2D eigenvalue weighted by atomic mass is 10.1. The minimum Gasteiger partial charge on any atom is -0.490 e. The van der Waals surface area contributed by atoms with Crippen molar-refractivity contribution < 1.29 is 14.3 Å². The van der Waals surface area contributed by atoms with Crippen LogP contribution < -0.4 is 20.1 Å². The zero-order chi connectivity index (χ0) is 21.1. The number of nitriles is 1. The normalized spacial score (nSPS) is 10.8. The van der Waals surface area contributed by atoms with Crippen LogP contribution in [0, 0.1) is 11.3 Å². The third kappa shape index (κ3) is 7.16. The number of nitrogens with one attached hydrogen (secondary N) is 2. The second-order valence-corrected chi connectivity index (χ2v) is 6.90. The average Bonchev–Trinajstić information content (AvgIpc) is 2.72. The van der Waals surface area contributed by atoms with E-state index in [2.05, 4.69) is 26.6 Å². The van der Waals surface area contributed by atoms with Crippen LogP contribution in [0.4, 0.5) is 5.69 Å². The highest BCUT2D eigenvalue weighted by molar-refractivity contribution is 9.10. The zero-order valence-electron chi connectivity index (χ0n) is 16.5. The van der Waals surface area contributed by atoms with Crippen LogP contribution in [0.15, 0.2) is 58.7 Å². The maximum Gasteiger partial charge on any atom is 0.267 e. The summed E-state index contributed by atoms with van der Waals surface area (Å²) in [6, 6.07) is 14.9. The minimum absolute atomic E-state index is 0.00891. The molecule has 0 atom stereocenters. The summed E-state index contributed by atoms with van der Waals surface area (Å²) in [7, 11) is 0. The van der Waals surface area contributed by atoms with Gasteiger partial charge >= 0.3 is 0 Å². The molecule has 7 heteroatoms. The van der Waals surface area contributed by atoms with Gasteiger partial charge in [-0.15, -0.1) is 0 Å². The fourth-order valence-electron chi connectivity index (χ4n) is 2.52. The standard InChI is InChI=1S/C22H24BrN3O3/c1-3-28-20-10-5-16(13-21(20)29-4-2)11-12-25-15-17(14-24)22(27)26-19-8-6-18(23)7-9-19/h5-10,13,15,25H,3-4,11-12H2,1-2H3,(H,26,27)/b17-15-. The molecule has 0 aliphatic heterocycles. The Morgan fingerprint density at radius 3 is 2.45 bits per heavy atom. The van der Waals surface area contributed by atoms with Gasteiger partial charge in [-0.2, -0.15) is 5.26 Å². The van der Waals surface area contributed by atoms with Crippen molar-refractivity contribution in [3.63, 3.8) is 0 Å². The first kappa shape index (κ1) is 22.3. The summed E-state index contributed by atoms with van der Waals surface area (Å²) in [4.78, 5) is 12.2. The summed E-state index contributed by atoms with van der Waals surface area (Å²) in [5.74, 6) is 0.985. The molecule has 0 aliphatic rings. The second kappa shape index (κ2) is 11.8. The molecule has 2 N–H and O–H groups in total. The highest BCUT2D eigenvalue weighted by Crippen LogP contribution is 2.28. The smallest absolute Gasteiger partial charge is 0.267 e. The molecule has 2 rings (SSSR count). The van der Waals surface area contributed by atoms with Crippen molar-refractivity contribution in [3.8, 4) is 17.6 Å². The van der Waals surface area contributed by atoms with Crippen LogP contribution in [-0.2, 0) is 11.2 Å². The average molecular weight is 458 g/mol. The Labute approximate surface area is 179 Å². The van der Waals surface area contributed by atoms with Crippen LogP contribution >= 0.6 is 15.9 Å². The number of hydrogen-bond donors (Lipinski definition) is 2. The molecule has 2 aromatic rings. The third-order valence-electron chi connectivity index (χ3n) is 3.88. The molecule has 1 amide bonds. The molecule has 0 aliphatic carbocycles. The molecule has 0 unspecified atom stereocenters. The van der Waals surface area contributed by atoms with Crippen molar-refractivity contribution in [3.05, 3.63) is 64.3 Å². The van der Waals surface area contributed by atoms with Crippen molar-refractivity contribution in [2.75, 3.05) is 25.1 Å². The van der Waals surface area contributed by atoms with E-state index in [0.717, 1.165) is 15.8 Å². The molecule has 152 valence electrons. The summed E-state index contributed by atoms with van der Waals surface area (Å²) in [5.41, 5.74) is 1.70. The van der Waals surface area contributed by atoms with Gasteiger partial charge in [0.1, 0.15) is 11.6 Å². The topological polar surface area (TPSA) is 83.4 Å². The summed E-state index contributed by atoms with van der Waals surface area (Å²) >= 11 is 3.34. The number of nitrogens with zero attached hydrogens (tertiary/aromatic N) is 1. The van der Waals surface area contributed by atoms with E-state index in [9.17, 15) is 10.1 Å². The van der Waals surface area contributed by atoms with Gasteiger partial charge in [0, 0.05) is 22.9 Å². The highest BCUT2D eigenvalue weighted by Gasteiger charge is 2.09. The van der Waals surface area contributed by atoms with Crippen molar-refractivity contribution in [2.45, 2.75) is 20.3 Å². The number of carbonyl (C=O) groups is 1. The first-order chi connectivity index (χ1) is 14.1. The number of halogens is 1. The number of carbonyl (C=O) groups excluding carboxylic acids is 1. The monoisotopic (exact) mass is 457 g/mol. The number of anilines is 1. The molecule has 0 saturated heterocycles. The molecule has 2 aromatic carbocycles. The maximum atomic E-state index is 12.2. The van der Waals surface area contributed by atoms with Gasteiger partial charge in [0.15, 0.2) is 11.5 Å². The van der Waals surface area contributed by atoms with Gasteiger partial charge in [0.25, 0.3) is 5.91 Å². The first-order valence-electron chi connectivity index (χ1n) is 9.36. The number of benzene rings is 2. The lowest BCUT2D eigenvalue weighted by Crippen LogP contribution is -2.18. The van der Waals surface area contributed by atoms with Gasteiger partial charge in [-0.25, -0.2) is 0 Å². The molecule has 0 spiro atoms. The second-order valence-electron chi connectivity index (χ2n) is 5.98. The van der Waals surface area contributed by atoms with Crippen LogP contribution in [0.25, 0.3) is 0 Å². The Hall–Kier alpha value is -2.98. The summed E-state index contributed by atoms with van der Waals surface area (Å²) in [5, 5.41) is 15.0. The van der Waals surface area contributed by atoms with Gasteiger partial charge in [0.05, 0.1) is 13.2 Å². The van der Waals surface area contributed by atoms with E-state index in [0.29, 0.717) is 37.6 Å². The van der Waals surface area contributed by atoms with Crippen LogP contribution in [0.2, 0.25) is 0 Å². The van der Waals surface area contributed by atoms with Crippen LogP contribution in [0.3, 0.4) is 0 Å². The molecule has 6 nitrogen and oxygen atoms in total. The Morgan fingerprint density at radius 2 is 1.79 bits per heavy atom. The Balaban J connectivity index is 1.92. The van der Waals surface area contributed by atoms with Crippen LogP contribution in [-0.4, -0.2) is 25.7 Å². The fourth-order valence-corrected chi connectivity index (χ4v) is 2.79. The quantitative estimate of drug-likeness (QED) is 0.313. The Kier molecular flexibility index (Phi) is 9.06. The van der Waals surface area contributed by atoms with Gasteiger partial charge in [0.2, 0.25) is 0 Å². The number of ether oxygens (including phenoxy) is 2. The van der Waals surface area contributed by atoms with Crippen molar-refractivity contribution in [2.24, 2.45) is 0 Å². The molecule has 0 aromatic heterocycles. The van der Waals surface area contributed by atoms with E-state index >= 15 is 0 Å². The largest absolute Gasteiger partial charge is 0.490 e. The number of amides is 1. The van der Waals surface area contributed by atoms with Crippen molar-refractivity contribution >= 4 is 27.5 Å². The molecular formula is C22H24BrN3O3. The molecule has 0 saturated carbocycles. The fraction of sp³-hybridized carbons (Fsp3) is 0.273. The first-order valence-corrected chi connectivity index (χ1v) is 10.2. The van der Waals surface area contributed by atoms with E-state index in [1.807, 2.05) is 50.2 Å². The number of hydrogen-bond acceptors (Lipinski definition) is 5. The van der Waals surface area contributed by atoms with E-state index < -0.39 is 5.91 Å². The van der Waals surface area contributed by atoms with Gasteiger partial charge in [-0.05, 0) is 62.2 Å². The molecule has 0 fully saturated rings. The molecule has 0 radical (unpaired) electrons. The summed E-state index contributed by atoms with van der Waals surface area (Å²) in [6.45, 7) is 5.56. The molecule has 29 heavy (non-hydrogen) atoms. The zero-order valence-corrected chi connectivity index (χ0v) is 18.1. The van der Waals surface area contributed by atoms with E-state index in [1.54, 1.807) is 12.1 Å². The molecule has 0 heterocycles. The Morgan fingerprint density at radius 1 is 1.10 bits per heavy atom. The number of rotatable bonds is 10. The maximum absolute atomic E-state index is 12.2. The van der Waals surface area contributed by atoms with Crippen molar-refractivity contribution in [1.82, 2.24) is 5.32 Å². The van der Waals surface area contributed by atoms with Gasteiger partial charge in [-0.3, -0.25) is 4.79 Å². The van der Waals surface area contributed by atoms with E-state index in [-0.39, 0.29) is 5.57 Å². The molecular weight excluding hydrogens is 434 g/mol. The predicted octanol–water partition coefficient (Wildman–Crippen LogP) is 4.42. The highest BCUT2D eigenvalue weighted by atomic mass is 79.9. The summed E-state index contributed by atoms with van der Waals surface area (Å²) in [6.07, 6.45) is 2.14. The SMILES string of the molecule is CCOc1ccc(CCN/C=C(/C#N)C(=O)Nc2ccc(Br)cc2)cc1OCC. The third-order valence-corrected chi connectivity index (χ3v) is 4.41. The van der Waals surface area contributed by atoms with Gasteiger partial charge in [-0.1, -0.05) is 22.0 Å². The molecule has 0 bridgehead atoms. The van der Waals surface area contributed by atoms with E-state index in [1.165, 1.54) is 6.20 Å².